The number of rotatable bonds is 6. The quantitative estimate of drug-likeness (QED) is 0.867. The number of nitrogens with zero attached hydrogens (tertiary/aromatic N) is 2. The van der Waals surface area contributed by atoms with Gasteiger partial charge in [0, 0.05) is 5.56 Å². The second kappa shape index (κ2) is 6.56. The summed E-state index contributed by atoms with van der Waals surface area (Å²) in [5.41, 5.74) is 6.55. The lowest BCUT2D eigenvalue weighted by Gasteiger charge is -2.05. The first-order chi connectivity index (χ1) is 8.79. The third kappa shape index (κ3) is 3.58. The van der Waals surface area contributed by atoms with Crippen LogP contribution in [0.15, 0.2) is 34.9 Å². The molecule has 1 aromatic carbocycles. The number of benzene rings is 1. The molecule has 2 N–H and O–H groups in total. The van der Waals surface area contributed by atoms with Gasteiger partial charge in [0.25, 0.3) is 0 Å². The normalized spacial score (nSPS) is 12.6. The van der Waals surface area contributed by atoms with Crippen molar-refractivity contribution in [1.82, 2.24) is 10.1 Å². The number of hydrogen-bond donors (Lipinski definition) is 1. The van der Waals surface area contributed by atoms with E-state index in [1.165, 1.54) is 0 Å². The number of nitrogens with two attached hydrogens (primary N) is 1. The maximum Gasteiger partial charge on any atom is 0.236 e. The van der Waals surface area contributed by atoms with Crippen molar-refractivity contribution >= 4 is 11.8 Å². The van der Waals surface area contributed by atoms with Gasteiger partial charge in [-0.3, -0.25) is 0 Å². The molecule has 96 valence electrons. The van der Waals surface area contributed by atoms with Crippen molar-refractivity contribution in [2.45, 2.75) is 12.7 Å². The number of aromatic nitrogens is 2. The standard InChI is InChI=1S/C13H17N3OS/c1-10(7-14)8-18-9-12-15-13(16-17-12)11-5-3-2-4-6-11/h2-6,10H,7-9,14H2,1H3. The summed E-state index contributed by atoms with van der Waals surface area (Å²) in [5, 5.41) is 3.98. The van der Waals surface area contributed by atoms with Gasteiger partial charge in [0.2, 0.25) is 11.7 Å². The largest absolute Gasteiger partial charge is 0.338 e. The molecule has 0 aliphatic carbocycles. The van der Waals surface area contributed by atoms with Crippen LogP contribution in [0.5, 0.6) is 0 Å². The van der Waals surface area contributed by atoms with Crippen molar-refractivity contribution < 1.29 is 4.52 Å². The molecule has 4 nitrogen and oxygen atoms in total. The van der Waals surface area contributed by atoms with E-state index in [0.717, 1.165) is 17.1 Å². The van der Waals surface area contributed by atoms with E-state index in [9.17, 15) is 0 Å². The van der Waals surface area contributed by atoms with E-state index in [-0.39, 0.29) is 0 Å². The Morgan fingerprint density at radius 2 is 2.11 bits per heavy atom. The summed E-state index contributed by atoms with van der Waals surface area (Å²) >= 11 is 1.77. The summed E-state index contributed by atoms with van der Waals surface area (Å²) in [6.45, 7) is 2.85. The van der Waals surface area contributed by atoms with Gasteiger partial charge < -0.3 is 10.3 Å². The first-order valence-electron chi connectivity index (χ1n) is 5.95. The average molecular weight is 263 g/mol. The van der Waals surface area contributed by atoms with Crippen molar-refractivity contribution in [1.29, 1.82) is 0 Å². The maximum absolute atomic E-state index is 5.57. The van der Waals surface area contributed by atoms with E-state index in [1.807, 2.05) is 30.3 Å². The molecular formula is C13H17N3OS. The van der Waals surface area contributed by atoms with Crippen LogP contribution in [0.1, 0.15) is 12.8 Å². The monoisotopic (exact) mass is 263 g/mol. The summed E-state index contributed by atoms with van der Waals surface area (Å²) in [6, 6.07) is 9.83. The molecule has 0 fully saturated rings. The van der Waals surface area contributed by atoms with E-state index in [4.69, 9.17) is 10.3 Å². The molecule has 5 heteroatoms. The Morgan fingerprint density at radius 3 is 2.83 bits per heavy atom. The van der Waals surface area contributed by atoms with Crippen molar-refractivity contribution in [3.05, 3.63) is 36.2 Å². The molecule has 0 bridgehead atoms. The van der Waals surface area contributed by atoms with Gasteiger partial charge >= 0.3 is 0 Å². The highest BCUT2D eigenvalue weighted by Crippen LogP contribution is 2.18. The predicted molar refractivity (Wildman–Crippen MR) is 74.1 cm³/mol. The zero-order valence-electron chi connectivity index (χ0n) is 10.4. The fraction of sp³-hybridized carbons (Fsp3) is 0.385. The second-order valence-corrected chi connectivity index (χ2v) is 5.26. The molecule has 1 atom stereocenters. The minimum atomic E-state index is 0.520. The summed E-state index contributed by atoms with van der Waals surface area (Å²) in [4.78, 5) is 4.37. The van der Waals surface area contributed by atoms with Crippen LogP contribution in [-0.2, 0) is 5.75 Å². The lowest BCUT2D eigenvalue weighted by Crippen LogP contribution is -2.12. The van der Waals surface area contributed by atoms with Gasteiger partial charge in [0.15, 0.2) is 0 Å². The van der Waals surface area contributed by atoms with Crippen LogP contribution < -0.4 is 5.73 Å². The van der Waals surface area contributed by atoms with Gasteiger partial charge in [0.1, 0.15) is 0 Å². The minimum absolute atomic E-state index is 0.520. The topological polar surface area (TPSA) is 64.9 Å². The molecule has 0 saturated carbocycles. The maximum atomic E-state index is 5.57. The Kier molecular flexibility index (Phi) is 4.78. The number of thioether (sulfide) groups is 1. The highest BCUT2D eigenvalue weighted by atomic mass is 32.2. The van der Waals surface area contributed by atoms with Crippen molar-refractivity contribution in [3.8, 4) is 11.4 Å². The first-order valence-corrected chi connectivity index (χ1v) is 7.11. The van der Waals surface area contributed by atoms with Crippen LogP contribution in [0.2, 0.25) is 0 Å². The molecule has 0 saturated heterocycles. The lowest BCUT2D eigenvalue weighted by molar-refractivity contribution is 0.391. The van der Waals surface area contributed by atoms with E-state index in [2.05, 4.69) is 17.1 Å². The Morgan fingerprint density at radius 1 is 1.33 bits per heavy atom. The summed E-state index contributed by atoms with van der Waals surface area (Å²) in [6.07, 6.45) is 0. The van der Waals surface area contributed by atoms with Crippen LogP contribution in [0, 0.1) is 5.92 Å². The molecule has 2 rings (SSSR count). The number of hydrogen-bond acceptors (Lipinski definition) is 5. The summed E-state index contributed by atoms with van der Waals surface area (Å²) in [5.74, 6) is 3.59. The fourth-order valence-corrected chi connectivity index (χ4v) is 2.38. The highest BCUT2D eigenvalue weighted by molar-refractivity contribution is 7.98. The van der Waals surface area contributed by atoms with Crippen LogP contribution in [0.25, 0.3) is 11.4 Å². The molecule has 0 aliphatic rings. The zero-order valence-corrected chi connectivity index (χ0v) is 11.2. The van der Waals surface area contributed by atoms with E-state index >= 15 is 0 Å². The minimum Gasteiger partial charge on any atom is -0.338 e. The molecule has 0 radical (unpaired) electrons. The van der Waals surface area contributed by atoms with Gasteiger partial charge in [-0.1, -0.05) is 42.4 Å². The van der Waals surface area contributed by atoms with E-state index < -0.39 is 0 Å². The second-order valence-electron chi connectivity index (χ2n) is 4.23. The van der Waals surface area contributed by atoms with E-state index in [1.54, 1.807) is 11.8 Å². The van der Waals surface area contributed by atoms with Gasteiger partial charge in [-0.25, -0.2) is 0 Å². The smallest absolute Gasteiger partial charge is 0.236 e. The molecule has 2 aromatic rings. The first kappa shape index (κ1) is 13.1. The molecular weight excluding hydrogens is 246 g/mol. The van der Waals surface area contributed by atoms with Gasteiger partial charge in [-0.05, 0) is 18.2 Å². The SMILES string of the molecule is CC(CN)CSCc1nc(-c2ccccc2)no1. The zero-order chi connectivity index (χ0) is 12.8. The molecule has 0 amide bonds. The third-order valence-electron chi connectivity index (χ3n) is 2.53. The highest BCUT2D eigenvalue weighted by Gasteiger charge is 2.08. The Balaban J connectivity index is 1.91. The van der Waals surface area contributed by atoms with Gasteiger partial charge in [-0.15, -0.1) is 0 Å². The Hall–Kier alpha value is -1.33. The molecule has 18 heavy (non-hydrogen) atoms. The molecule has 0 aliphatic heterocycles. The van der Waals surface area contributed by atoms with Gasteiger partial charge in [-0.2, -0.15) is 16.7 Å². The summed E-state index contributed by atoms with van der Waals surface area (Å²) < 4.78 is 5.22. The van der Waals surface area contributed by atoms with Crippen molar-refractivity contribution in [2.75, 3.05) is 12.3 Å². The van der Waals surface area contributed by atoms with E-state index in [0.29, 0.717) is 24.2 Å². The predicted octanol–water partition coefficient (Wildman–Crippen LogP) is 2.56. The molecule has 1 aromatic heterocycles. The summed E-state index contributed by atoms with van der Waals surface area (Å²) in [7, 11) is 0. The van der Waals surface area contributed by atoms with Gasteiger partial charge in [0.05, 0.1) is 5.75 Å². The van der Waals surface area contributed by atoms with Crippen LogP contribution >= 0.6 is 11.8 Å². The fourth-order valence-electron chi connectivity index (χ4n) is 1.43. The van der Waals surface area contributed by atoms with Crippen LogP contribution in [0.4, 0.5) is 0 Å². The molecule has 0 spiro atoms. The average Bonchev–Trinajstić information content (AvgIpc) is 2.88. The molecule has 1 heterocycles. The Labute approximate surface area is 111 Å². The Bertz CT molecular complexity index is 472. The van der Waals surface area contributed by atoms with Crippen molar-refractivity contribution in [3.63, 3.8) is 0 Å². The van der Waals surface area contributed by atoms with Crippen LogP contribution in [-0.4, -0.2) is 22.4 Å². The third-order valence-corrected chi connectivity index (χ3v) is 3.79. The van der Waals surface area contributed by atoms with Crippen LogP contribution in [0.3, 0.4) is 0 Å². The lowest BCUT2D eigenvalue weighted by atomic mass is 10.2. The molecule has 1 unspecified atom stereocenters. The van der Waals surface area contributed by atoms with Crippen molar-refractivity contribution in [2.24, 2.45) is 11.7 Å².